The number of alkyl halides is 1. The lowest BCUT2D eigenvalue weighted by atomic mass is 9.91. The zero-order valence-electron chi connectivity index (χ0n) is 9.67. The number of thiophene rings is 1. The van der Waals surface area contributed by atoms with Gasteiger partial charge in [0.2, 0.25) is 0 Å². The molecule has 1 aliphatic rings. The van der Waals surface area contributed by atoms with Gasteiger partial charge in [-0.05, 0) is 25.3 Å². The van der Waals surface area contributed by atoms with Gasteiger partial charge in [-0.1, -0.05) is 11.3 Å². The normalized spacial score (nSPS) is 15.2. The molecule has 1 fully saturated rings. The zero-order valence-corrected chi connectivity index (χ0v) is 11.2. The molecule has 0 N–H and O–H groups in total. The fraction of sp³-hybridized carbons (Fsp3) is 0.545. The molecule has 0 atom stereocenters. The van der Waals surface area contributed by atoms with Gasteiger partial charge >= 0.3 is 5.00 Å². The summed E-state index contributed by atoms with van der Waals surface area (Å²) in [5.74, 6) is 0.244. The van der Waals surface area contributed by atoms with Gasteiger partial charge in [-0.25, -0.2) is 0 Å². The van der Waals surface area contributed by atoms with Crippen molar-refractivity contribution in [1.82, 2.24) is 4.90 Å². The van der Waals surface area contributed by atoms with Crippen molar-refractivity contribution in [3.05, 3.63) is 27.1 Å². The van der Waals surface area contributed by atoms with E-state index >= 15 is 0 Å². The molecule has 0 spiro atoms. The SMILES string of the molecule is O=C(c1ccc([N+](=O)[O-])s1)N(CCCl)C1CCC1. The predicted octanol–water partition coefficient (Wildman–Crippen LogP) is 2.89. The fourth-order valence-corrected chi connectivity index (χ4v) is 2.88. The first-order valence-electron chi connectivity index (χ1n) is 5.74. The van der Waals surface area contributed by atoms with Crippen LogP contribution >= 0.6 is 22.9 Å². The third-order valence-corrected chi connectivity index (χ3v) is 4.28. The van der Waals surface area contributed by atoms with Crippen LogP contribution in [-0.2, 0) is 0 Å². The summed E-state index contributed by atoms with van der Waals surface area (Å²) in [6.07, 6.45) is 3.12. The molecule has 0 aliphatic heterocycles. The summed E-state index contributed by atoms with van der Waals surface area (Å²) >= 11 is 6.63. The molecule has 1 amide bonds. The maximum atomic E-state index is 12.3. The van der Waals surface area contributed by atoms with Gasteiger partial charge in [-0.2, -0.15) is 0 Å². The minimum Gasteiger partial charge on any atom is -0.334 e. The van der Waals surface area contributed by atoms with Crippen molar-refractivity contribution in [3.63, 3.8) is 0 Å². The highest BCUT2D eigenvalue weighted by Crippen LogP contribution is 2.29. The molecule has 18 heavy (non-hydrogen) atoms. The Kier molecular flexibility index (Phi) is 4.19. The topological polar surface area (TPSA) is 63.4 Å². The molecule has 2 rings (SSSR count). The third-order valence-electron chi connectivity index (χ3n) is 3.08. The van der Waals surface area contributed by atoms with Gasteiger partial charge in [0.25, 0.3) is 5.91 Å². The van der Waals surface area contributed by atoms with Gasteiger partial charge in [0.1, 0.15) is 0 Å². The minimum atomic E-state index is -0.476. The molecular weight excluding hydrogens is 276 g/mol. The van der Waals surface area contributed by atoms with Crippen LogP contribution < -0.4 is 0 Å². The predicted molar refractivity (Wildman–Crippen MR) is 70.4 cm³/mol. The first kappa shape index (κ1) is 13.3. The lowest BCUT2D eigenvalue weighted by Crippen LogP contribution is -2.45. The number of carbonyl (C=O) groups excluding carboxylic acids is 1. The Balaban J connectivity index is 2.13. The Bertz CT molecular complexity index is 459. The molecule has 1 saturated carbocycles. The monoisotopic (exact) mass is 288 g/mol. The van der Waals surface area contributed by atoms with Crippen LogP contribution in [0, 0.1) is 10.1 Å². The lowest BCUT2D eigenvalue weighted by molar-refractivity contribution is -0.380. The van der Waals surface area contributed by atoms with E-state index in [9.17, 15) is 14.9 Å². The number of nitrogens with zero attached hydrogens (tertiary/aromatic N) is 2. The molecular formula is C11H13ClN2O3S. The number of hydrogen-bond acceptors (Lipinski definition) is 4. The summed E-state index contributed by atoms with van der Waals surface area (Å²) < 4.78 is 0. The van der Waals surface area contributed by atoms with Gasteiger partial charge in [0, 0.05) is 24.5 Å². The van der Waals surface area contributed by atoms with Crippen LogP contribution in [0.4, 0.5) is 5.00 Å². The quantitative estimate of drug-likeness (QED) is 0.475. The molecule has 0 bridgehead atoms. The van der Waals surface area contributed by atoms with E-state index < -0.39 is 4.92 Å². The van der Waals surface area contributed by atoms with Crippen molar-refractivity contribution in [1.29, 1.82) is 0 Å². The standard InChI is InChI=1S/C11H13ClN2O3S/c12-6-7-13(8-2-1-3-8)11(15)9-4-5-10(18-9)14(16)17/h4-5,8H,1-3,6-7H2. The number of rotatable bonds is 5. The van der Waals surface area contributed by atoms with Crippen molar-refractivity contribution < 1.29 is 9.72 Å². The number of amides is 1. The molecule has 1 heterocycles. The molecule has 98 valence electrons. The molecule has 5 nitrogen and oxygen atoms in total. The highest BCUT2D eigenvalue weighted by atomic mass is 35.5. The summed E-state index contributed by atoms with van der Waals surface area (Å²) in [4.78, 5) is 24.5. The third kappa shape index (κ3) is 2.64. The average molecular weight is 289 g/mol. The van der Waals surface area contributed by atoms with Crippen LogP contribution in [-0.4, -0.2) is 34.2 Å². The van der Waals surface area contributed by atoms with Gasteiger partial charge in [0.15, 0.2) is 0 Å². The van der Waals surface area contributed by atoms with Gasteiger partial charge in [-0.15, -0.1) is 11.6 Å². The van der Waals surface area contributed by atoms with E-state index in [-0.39, 0.29) is 17.0 Å². The van der Waals surface area contributed by atoms with Crippen LogP contribution in [0.25, 0.3) is 0 Å². The Morgan fingerprint density at radius 2 is 2.28 bits per heavy atom. The summed E-state index contributed by atoms with van der Waals surface area (Å²) in [6, 6.07) is 3.14. The van der Waals surface area contributed by atoms with E-state index in [2.05, 4.69) is 0 Å². The fourth-order valence-electron chi connectivity index (χ4n) is 1.92. The minimum absolute atomic E-state index is 0.00205. The van der Waals surface area contributed by atoms with E-state index in [1.54, 1.807) is 4.90 Å². The number of halogens is 1. The zero-order chi connectivity index (χ0) is 13.1. The Morgan fingerprint density at radius 3 is 2.72 bits per heavy atom. The second kappa shape index (κ2) is 5.67. The van der Waals surface area contributed by atoms with E-state index in [0.717, 1.165) is 30.6 Å². The van der Waals surface area contributed by atoms with E-state index in [1.165, 1.54) is 12.1 Å². The van der Waals surface area contributed by atoms with Crippen molar-refractivity contribution in [2.45, 2.75) is 25.3 Å². The van der Waals surface area contributed by atoms with Gasteiger partial charge < -0.3 is 4.90 Å². The van der Waals surface area contributed by atoms with Crippen molar-refractivity contribution in [2.75, 3.05) is 12.4 Å². The molecule has 0 saturated heterocycles. The van der Waals surface area contributed by atoms with Crippen LogP contribution in [0.5, 0.6) is 0 Å². The van der Waals surface area contributed by atoms with Crippen molar-refractivity contribution in [2.24, 2.45) is 0 Å². The molecule has 1 aromatic heterocycles. The largest absolute Gasteiger partial charge is 0.334 e. The molecule has 0 radical (unpaired) electrons. The van der Waals surface area contributed by atoms with Crippen LogP contribution in [0.1, 0.15) is 28.9 Å². The molecule has 1 aromatic rings. The van der Waals surface area contributed by atoms with E-state index in [4.69, 9.17) is 11.6 Å². The number of carbonyl (C=O) groups is 1. The van der Waals surface area contributed by atoms with Crippen LogP contribution in [0.15, 0.2) is 12.1 Å². The number of hydrogen-bond donors (Lipinski definition) is 0. The van der Waals surface area contributed by atoms with Gasteiger partial charge in [-0.3, -0.25) is 14.9 Å². The maximum Gasteiger partial charge on any atom is 0.324 e. The summed E-state index contributed by atoms with van der Waals surface area (Å²) in [5.41, 5.74) is 0. The Hall–Kier alpha value is -1.14. The van der Waals surface area contributed by atoms with Gasteiger partial charge in [0.05, 0.1) is 9.80 Å². The van der Waals surface area contributed by atoms with E-state index in [0.29, 0.717) is 17.3 Å². The molecule has 0 unspecified atom stereocenters. The van der Waals surface area contributed by atoms with Crippen LogP contribution in [0.2, 0.25) is 0 Å². The highest BCUT2D eigenvalue weighted by Gasteiger charge is 2.30. The van der Waals surface area contributed by atoms with Crippen molar-refractivity contribution >= 4 is 33.8 Å². The highest BCUT2D eigenvalue weighted by molar-refractivity contribution is 7.17. The second-order valence-corrected chi connectivity index (χ2v) is 5.61. The van der Waals surface area contributed by atoms with E-state index in [1.807, 2.05) is 0 Å². The summed E-state index contributed by atoms with van der Waals surface area (Å²) in [7, 11) is 0. The maximum absolute atomic E-state index is 12.3. The van der Waals surface area contributed by atoms with Crippen LogP contribution in [0.3, 0.4) is 0 Å². The smallest absolute Gasteiger partial charge is 0.324 e. The van der Waals surface area contributed by atoms with Crippen molar-refractivity contribution in [3.8, 4) is 0 Å². The first-order valence-corrected chi connectivity index (χ1v) is 7.09. The Morgan fingerprint density at radius 1 is 1.56 bits per heavy atom. The first-order chi connectivity index (χ1) is 8.63. The molecule has 0 aromatic carbocycles. The Labute approximate surface area is 113 Å². The average Bonchev–Trinajstić information content (AvgIpc) is 2.74. The second-order valence-electron chi connectivity index (χ2n) is 4.17. The number of nitro groups is 1. The summed E-state index contributed by atoms with van der Waals surface area (Å²) in [5, 5.41) is 10.6. The molecule has 1 aliphatic carbocycles. The summed E-state index contributed by atoms with van der Waals surface area (Å²) in [6.45, 7) is 0.497. The lowest BCUT2D eigenvalue weighted by Gasteiger charge is -2.37. The molecule has 7 heteroatoms.